The second kappa shape index (κ2) is 7.20. The molecule has 0 saturated carbocycles. The van der Waals surface area contributed by atoms with Gasteiger partial charge in [-0.15, -0.1) is 0 Å². The van der Waals surface area contributed by atoms with Gasteiger partial charge in [0, 0.05) is 10.9 Å². The maximum Gasteiger partial charge on any atom is 0.338 e. The van der Waals surface area contributed by atoms with Gasteiger partial charge in [0.2, 0.25) is 0 Å². The highest BCUT2D eigenvalue weighted by Gasteiger charge is 2.18. The van der Waals surface area contributed by atoms with E-state index in [1.165, 1.54) is 0 Å². The van der Waals surface area contributed by atoms with Gasteiger partial charge >= 0.3 is 12.0 Å². The molecule has 3 aromatic rings. The number of nitrogens with two attached hydrogens (primary N) is 2. The van der Waals surface area contributed by atoms with Crippen molar-refractivity contribution in [3.63, 3.8) is 0 Å². The van der Waals surface area contributed by atoms with Crippen molar-refractivity contribution >= 4 is 34.6 Å². The standard InChI is InChI=1S/C19H18N4O4/c1-2-27-18(25)11-5-3-10(4-6-11)12-7-8-13-14(9-12)22-17(23-19(21)26)15(13)16(20)24/h3-9,22H,2H2,1H3,(H2,20,24)(H3,21,23,26). The number of carbonyl (C=O) groups is 3. The number of anilines is 1. The second-order valence-corrected chi connectivity index (χ2v) is 5.79. The summed E-state index contributed by atoms with van der Waals surface area (Å²) in [6.07, 6.45) is 0. The van der Waals surface area contributed by atoms with E-state index in [1.807, 2.05) is 12.1 Å². The summed E-state index contributed by atoms with van der Waals surface area (Å²) in [6, 6.07) is 11.5. The van der Waals surface area contributed by atoms with Crippen molar-refractivity contribution in [2.24, 2.45) is 11.5 Å². The fraction of sp³-hybridized carbons (Fsp3) is 0.105. The van der Waals surface area contributed by atoms with Gasteiger partial charge in [0.15, 0.2) is 0 Å². The molecule has 8 heteroatoms. The smallest absolute Gasteiger partial charge is 0.338 e. The lowest BCUT2D eigenvalue weighted by molar-refractivity contribution is 0.0526. The molecule has 8 nitrogen and oxygen atoms in total. The number of amides is 3. The van der Waals surface area contributed by atoms with Crippen molar-refractivity contribution in [1.82, 2.24) is 4.98 Å². The number of primary amides is 2. The van der Waals surface area contributed by atoms with Gasteiger partial charge in [0.05, 0.1) is 17.7 Å². The summed E-state index contributed by atoms with van der Waals surface area (Å²) in [5.74, 6) is -0.909. The zero-order valence-electron chi connectivity index (χ0n) is 14.5. The zero-order valence-corrected chi connectivity index (χ0v) is 14.5. The molecule has 0 aliphatic rings. The van der Waals surface area contributed by atoms with E-state index >= 15 is 0 Å². The first-order valence-electron chi connectivity index (χ1n) is 8.20. The van der Waals surface area contributed by atoms with Crippen molar-refractivity contribution in [1.29, 1.82) is 0 Å². The number of nitrogens with one attached hydrogen (secondary N) is 2. The fourth-order valence-corrected chi connectivity index (χ4v) is 2.86. The predicted octanol–water partition coefficient (Wildman–Crippen LogP) is 2.60. The van der Waals surface area contributed by atoms with Gasteiger partial charge in [-0.3, -0.25) is 10.1 Å². The van der Waals surface area contributed by atoms with E-state index in [0.717, 1.165) is 11.1 Å². The lowest BCUT2D eigenvalue weighted by Gasteiger charge is -2.05. The molecule has 0 bridgehead atoms. The van der Waals surface area contributed by atoms with Gasteiger partial charge in [-0.25, -0.2) is 9.59 Å². The van der Waals surface area contributed by atoms with Crippen LogP contribution >= 0.6 is 0 Å². The zero-order chi connectivity index (χ0) is 19.6. The number of hydrogen-bond acceptors (Lipinski definition) is 4. The largest absolute Gasteiger partial charge is 0.462 e. The number of urea groups is 1. The van der Waals surface area contributed by atoms with E-state index in [4.69, 9.17) is 16.2 Å². The summed E-state index contributed by atoms with van der Waals surface area (Å²) in [7, 11) is 0. The number of fused-ring (bicyclic) bond motifs is 1. The Morgan fingerprint density at radius 3 is 2.30 bits per heavy atom. The van der Waals surface area contributed by atoms with Crippen molar-refractivity contribution in [3.05, 3.63) is 53.6 Å². The van der Waals surface area contributed by atoms with Crippen molar-refractivity contribution in [2.75, 3.05) is 11.9 Å². The van der Waals surface area contributed by atoms with Gasteiger partial charge in [-0.1, -0.05) is 24.3 Å². The van der Waals surface area contributed by atoms with Crippen LogP contribution in [-0.2, 0) is 4.74 Å². The first-order chi connectivity index (χ1) is 12.9. The van der Waals surface area contributed by atoms with Gasteiger partial charge in [0.25, 0.3) is 5.91 Å². The molecule has 27 heavy (non-hydrogen) atoms. The quantitative estimate of drug-likeness (QED) is 0.515. The molecule has 0 saturated heterocycles. The minimum atomic E-state index is -0.807. The van der Waals surface area contributed by atoms with Crippen LogP contribution in [0.4, 0.5) is 10.6 Å². The maximum absolute atomic E-state index is 11.8. The van der Waals surface area contributed by atoms with E-state index in [9.17, 15) is 14.4 Å². The molecular weight excluding hydrogens is 348 g/mol. The number of esters is 1. The molecule has 0 fully saturated rings. The monoisotopic (exact) mass is 366 g/mol. The highest BCUT2D eigenvalue weighted by molar-refractivity contribution is 6.13. The molecule has 0 unspecified atom stereocenters. The summed E-state index contributed by atoms with van der Waals surface area (Å²) >= 11 is 0. The van der Waals surface area contributed by atoms with Crippen LogP contribution in [0.5, 0.6) is 0 Å². The number of ether oxygens (including phenoxy) is 1. The number of benzene rings is 2. The maximum atomic E-state index is 11.8. The van der Waals surface area contributed by atoms with Crippen molar-refractivity contribution < 1.29 is 19.1 Å². The number of aromatic amines is 1. The van der Waals surface area contributed by atoms with Crippen molar-refractivity contribution in [2.45, 2.75) is 6.92 Å². The third-order valence-corrected chi connectivity index (χ3v) is 4.02. The van der Waals surface area contributed by atoms with Crippen LogP contribution in [0.2, 0.25) is 0 Å². The molecule has 3 rings (SSSR count). The van der Waals surface area contributed by atoms with Gasteiger partial charge < -0.3 is 21.2 Å². The lowest BCUT2D eigenvalue weighted by atomic mass is 10.0. The third-order valence-electron chi connectivity index (χ3n) is 4.02. The number of carbonyl (C=O) groups excluding carboxylic acids is 3. The summed E-state index contributed by atoms with van der Waals surface area (Å²) in [5, 5.41) is 2.93. The Labute approximate surface area is 154 Å². The molecule has 0 radical (unpaired) electrons. The molecule has 0 spiro atoms. The number of aromatic nitrogens is 1. The average Bonchev–Trinajstić information content (AvgIpc) is 2.98. The summed E-state index contributed by atoms with van der Waals surface area (Å²) in [4.78, 5) is 37.6. The fourth-order valence-electron chi connectivity index (χ4n) is 2.86. The normalized spacial score (nSPS) is 10.6. The van der Waals surface area contributed by atoms with Crippen LogP contribution in [0, 0.1) is 0 Å². The van der Waals surface area contributed by atoms with Crippen LogP contribution in [0.3, 0.4) is 0 Å². The Balaban J connectivity index is 2.00. The van der Waals surface area contributed by atoms with Crippen LogP contribution in [0.1, 0.15) is 27.6 Å². The first-order valence-corrected chi connectivity index (χ1v) is 8.20. The van der Waals surface area contributed by atoms with Gasteiger partial charge in [0.1, 0.15) is 5.82 Å². The predicted molar refractivity (Wildman–Crippen MR) is 101 cm³/mol. The van der Waals surface area contributed by atoms with E-state index in [2.05, 4.69) is 10.3 Å². The average molecular weight is 366 g/mol. The van der Waals surface area contributed by atoms with Crippen LogP contribution in [0.15, 0.2) is 42.5 Å². The molecule has 0 atom stereocenters. The Hall–Kier alpha value is -3.81. The number of hydrogen-bond donors (Lipinski definition) is 4. The molecular formula is C19H18N4O4. The highest BCUT2D eigenvalue weighted by Crippen LogP contribution is 2.30. The molecule has 0 aliphatic carbocycles. The van der Waals surface area contributed by atoms with E-state index < -0.39 is 11.9 Å². The van der Waals surface area contributed by atoms with Gasteiger partial charge in [-0.05, 0) is 36.2 Å². The minimum Gasteiger partial charge on any atom is -0.462 e. The molecule has 1 aromatic heterocycles. The van der Waals surface area contributed by atoms with E-state index in [-0.39, 0.29) is 17.4 Å². The third kappa shape index (κ3) is 3.59. The molecule has 138 valence electrons. The Bertz CT molecular complexity index is 1040. The summed E-state index contributed by atoms with van der Waals surface area (Å²) in [5.41, 5.74) is 13.5. The summed E-state index contributed by atoms with van der Waals surface area (Å²) < 4.78 is 4.97. The second-order valence-electron chi connectivity index (χ2n) is 5.79. The molecule has 6 N–H and O–H groups in total. The minimum absolute atomic E-state index is 0.153. The summed E-state index contributed by atoms with van der Waals surface area (Å²) in [6.45, 7) is 2.06. The topological polar surface area (TPSA) is 140 Å². The SMILES string of the molecule is CCOC(=O)c1ccc(-c2ccc3c(C(N)=O)c(NC(N)=O)[nH]c3c2)cc1. The Kier molecular flexibility index (Phi) is 4.80. The lowest BCUT2D eigenvalue weighted by Crippen LogP contribution is -2.22. The molecule has 0 aliphatic heterocycles. The van der Waals surface area contributed by atoms with E-state index in [1.54, 1.807) is 37.3 Å². The van der Waals surface area contributed by atoms with Crippen LogP contribution in [0.25, 0.3) is 22.0 Å². The highest BCUT2D eigenvalue weighted by atomic mass is 16.5. The van der Waals surface area contributed by atoms with E-state index in [0.29, 0.717) is 23.1 Å². The van der Waals surface area contributed by atoms with Crippen molar-refractivity contribution in [3.8, 4) is 11.1 Å². The Morgan fingerprint density at radius 1 is 1.04 bits per heavy atom. The molecule has 1 heterocycles. The molecule has 3 amide bonds. The van der Waals surface area contributed by atoms with Crippen LogP contribution < -0.4 is 16.8 Å². The van der Waals surface area contributed by atoms with Gasteiger partial charge in [-0.2, -0.15) is 0 Å². The Morgan fingerprint density at radius 2 is 1.70 bits per heavy atom. The van der Waals surface area contributed by atoms with Crippen LogP contribution in [-0.4, -0.2) is 29.5 Å². The first kappa shape index (κ1) is 18.0. The molecule has 2 aromatic carbocycles. The number of rotatable bonds is 5. The number of H-pyrrole nitrogens is 1.